The Bertz CT molecular complexity index is 577. The third-order valence-corrected chi connectivity index (χ3v) is 3.03. The topological polar surface area (TPSA) is 93.4 Å². The highest BCUT2D eigenvalue weighted by Gasteiger charge is 2.27. The van der Waals surface area contributed by atoms with Gasteiger partial charge in [0.05, 0.1) is 36.0 Å². The van der Waals surface area contributed by atoms with Gasteiger partial charge in [-0.1, -0.05) is 0 Å². The van der Waals surface area contributed by atoms with Crippen molar-refractivity contribution in [3.63, 3.8) is 0 Å². The molecule has 2 rings (SSSR count). The minimum Gasteiger partial charge on any atom is -0.481 e. The van der Waals surface area contributed by atoms with Crippen molar-refractivity contribution in [3.8, 4) is 6.07 Å². The van der Waals surface area contributed by atoms with E-state index >= 15 is 0 Å². The maximum absolute atomic E-state index is 11.6. The van der Waals surface area contributed by atoms with Gasteiger partial charge in [-0.25, -0.2) is 0 Å². The number of benzene rings is 1. The summed E-state index contributed by atoms with van der Waals surface area (Å²) < 4.78 is 0. The molecule has 6 heteroatoms. The van der Waals surface area contributed by atoms with Crippen LogP contribution in [0.4, 0.5) is 11.4 Å². The second-order valence-electron chi connectivity index (χ2n) is 4.47. The lowest BCUT2D eigenvalue weighted by atomic mass is 10.1. The Kier molecular flexibility index (Phi) is 3.38. The molecule has 19 heavy (non-hydrogen) atoms. The van der Waals surface area contributed by atoms with Crippen molar-refractivity contribution in [1.29, 1.82) is 5.26 Å². The number of carboxylic acids is 1. The first-order valence-electron chi connectivity index (χ1n) is 5.83. The quantitative estimate of drug-likeness (QED) is 0.850. The van der Waals surface area contributed by atoms with Gasteiger partial charge in [-0.3, -0.25) is 9.59 Å². The molecule has 1 aliphatic rings. The van der Waals surface area contributed by atoms with Crippen LogP contribution in [0, 0.1) is 11.3 Å². The van der Waals surface area contributed by atoms with Crippen LogP contribution < -0.4 is 10.2 Å². The minimum absolute atomic E-state index is 0.0489. The number of rotatable bonds is 3. The fraction of sp³-hybridized carbons (Fsp3) is 0.308. The standard InChI is InChI=1S/C13H13N3O3/c1-8(4-13(18)19)16-7-12(17)15-10-5-9(6-14)2-3-11(10)16/h2-3,5,8H,4,7H2,1H3,(H,15,17)(H,18,19). The highest BCUT2D eigenvalue weighted by Crippen LogP contribution is 2.32. The van der Waals surface area contributed by atoms with Gasteiger partial charge in [-0.05, 0) is 25.1 Å². The predicted octanol–water partition coefficient (Wildman–Crippen LogP) is 1.18. The SMILES string of the molecule is CC(CC(=O)O)N1CC(=O)Nc2cc(C#N)ccc21. The van der Waals surface area contributed by atoms with E-state index in [2.05, 4.69) is 5.32 Å². The van der Waals surface area contributed by atoms with Gasteiger partial charge >= 0.3 is 5.97 Å². The molecule has 1 aromatic rings. The van der Waals surface area contributed by atoms with E-state index in [0.29, 0.717) is 11.3 Å². The van der Waals surface area contributed by atoms with Crippen LogP contribution in [-0.4, -0.2) is 29.6 Å². The van der Waals surface area contributed by atoms with Crippen molar-refractivity contribution in [1.82, 2.24) is 0 Å². The van der Waals surface area contributed by atoms with Crippen LogP contribution in [0.1, 0.15) is 18.9 Å². The van der Waals surface area contributed by atoms with Gasteiger partial charge in [0.15, 0.2) is 0 Å². The van der Waals surface area contributed by atoms with E-state index in [-0.39, 0.29) is 24.9 Å². The molecule has 0 saturated heterocycles. The molecule has 1 atom stereocenters. The van der Waals surface area contributed by atoms with E-state index in [0.717, 1.165) is 5.69 Å². The first-order valence-corrected chi connectivity index (χ1v) is 5.83. The lowest BCUT2D eigenvalue weighted by Gasteiger charge is -2.35. The summed E-state index contributed by atoms with van der Waals surface area (Å²) in [5.74, 6) is -1.12. The van der Waals surface area contributed by atoms with E-state index in [1.165, 1.54) is 0 Å². The summed E-state index contributed by atoms with van der Waals surface area (Å²) in [4.78, 5) is 24.2. The molecule has 1 aromatic carbocycles. The van der Waals surface area contributed by atoms with E-state index in [4.69, 9.17) is 10.4 Å². The Morgan fingerprint density at radius 2 is 2.37 bits per heavy atom. The summed E-state index contributed by atoms with van der Waals surface area (Å²) in [7, 11) is 0. The van der Waals surface area contributed by atoms with Gasteiger partial charge in [0.1, 0.15) is 0 Å². The lowest BCUT2D eigenvalue weighted by molar-refractivity contribution is -0.137. The second kappa shape index (κ2) is 4.98. The maximum Gasteiger partial charge on any atom is 0.305 e. The van der Waals surface area contributed by atoms with E-state index in [1.54, 1.807) is 30.0 Å². The van der Waals surface area contributed by atoms with Crippen molar-refractivity contribution in [2.45, 2.75) is 19.4 Å². The first kappa shape index (κ1) is 12.9. The van der Waals surface area contributed by atoms with Crippen molar-refractivity contribution < 1.29 is 14.7 Å². The second-order valence-corrected chi connectivity index (χ2v) is 4.47. The molecule has 0 radical (unpaired) electrons. The van der Waals surface area contributed by atoms with Crippen molar-refractivity contribution in [2.24, 2.45) is 0 Å². The Morgan fingerprint density at radius 1 is 1.63 bits per heavy atom. The van der Waals surface area contributed by atoms with Crippen LogP contribution >= 0.6 is 0 Å². The van der Waals surface area contributed by atoms with Crippen LogP contribution in [0.15, 0.2) is 18.2 Å². The molecule has 0 aromatic heterocycles. The number of aliphatic carboxylic acids is 1. The zero-order chi connectivity index (χ0) is 14.0. The number of amides is 1. The number of carbonyl (C=O) groups excluding carboxylic acids is 1. The summed E-state index contributed by atoms with van der Waals surface area (Å²) in [6.07, 6.45) is -0.0489. The largest absolute Gasteiger partial charge is 0.481 e. The smallest absolute Gasteiger partial charge is 0.305 e. The lowest BCUT2D eigenvalue weighted by Crippen LogP contribution is -2.44. The van der Waals surface area contributed by atoms with Crippen LogP contribution in [0.2, 0.25) is 0 Å². The van der Waals surface area contributed by atoms with Crippen molar-refractivity contribution in [3.05, 3.63) is 23.8 Å². The molecule has 0 spiro atoms. The molecule has 0 saturated carbocycles. The molecule has 98 valence electrons. The summed E-state index contributed by atoms with van der Waals surface area (Å²) >= 11 is 0. The average Bonchev–Trinajstić information content (AvgIpc) is 2.36. The number of carbonyl (C=O) groups is 2. The van der Waals surface area contributed by atoms with Crippen molar-refractivity contribution >= 4 is 23.3 Å². The fourth-order valence-electron chi connectivity index (χ4n) is 2.14. The number of nitrogens with one attached hydrogen (secondary N) is 1. The summed E-state index contributed by atoms with van der Waals surface area (Å²) in [5, 5.41) is 20.4. The van der Waals surface area contributed by atoms with Gasteiger partial charge in [0.25, 0.3) is 0 Å². The molecule has 1 aliphatic heterocycles. The molecule has 0 fully saturated rings. The number of nitrogens with zero attached hydrogens (tertiary/aromatic N) is 2. The zero-order valence-electron chi connectivity index (χ0n) is 10.4. The van der Waals surface area contributed by atoms with Gasteiger partial charge in [-0.15, -0.1) is 0 Å². The number of anilines is 2. The third-order valence-electron chi connectivity index (χ3n) is 3.03. The van der Waals surface area contributed by atoms with E-state index < -0.39 is 5.97 Å². The zero-order valence-corrected chi connectivity index (χ0v) is 10.4. The Hall–Kier alpha value is -2.55. The van der Waals surface area contributed by atoms with Gasteiger partial charge in [-0.2, -0.15) is 5.26 Å². The molecule has 1 amide bonds. The number of hydrogen-bond donors (Lipinski definition) is 2. The van der Waals surface area contributed by atoms with Crippen LogP contribution in [0.5, 0.6) is 0 Å². The average molecular weight is 259 g/mol. The summed E-state index contributed by atoms with van der Waals surface area (Å²) in [6.45, 7) is 1.88. The Morgan fingerprint density at radius 3 is 3.00 bits per heavy atom. The Labute approximate surface area is 110 Å². The molecule has 0 bridgehead atoms. The molecular formula is C13H13N3O3. The number of nitriles is 1. The normalized spacial score (nSPS) is 15.2. The van der Waals surface area contributed by atoms with Crippen LogP contribution in [0.3, 0.4) is 0 Å². The highest BCUT2D eigenvalue weighted by atomic mass is 16.4. The predicted molar refractivity (Wildman–Crippen MR) is 68.8 cm³/mol. The van der Waals surface area contributed by atoms with Gasteiger partial charge in [0.2, 0.25) is 5.91 Å². The Balaban J connectivity index is 2.36. The molecule has 1 unspecified atom stereocenters. The first-order chi connectivity index (χ1) is 9.01. The van der Waals surface area contributed by atoms with Crippen LogP contribution in [0.25, 0.3) is 0 Å². The third kappa shape index (κ3) is 2.65. The number of fused-ring (bicyclic) bond motifs is 1. The number of carboxylic acid groups (broad SMARTS) is 1. The van der Waals surface area contributed by atoms with Crippen molar-refractivity contribution in [2.75, 3.05) is 16.8 Å². The molecule has 6 nitrogen and oxygen atoms in total. The molecule has 0 aliphatic carbocycles. The van der Waals surface area contributed by atoms with Gasteiger partial charge < -0.3 is 15.3 Å². The van der Waals surface area contributed by atoms with Gasteiger partial charge in [0, 0.05) is 6.04 Å². The summed E-state index contributed by atoms with van der Waals surface area (Å²) in [6, 6.07) is 6.68. The number of hydrogen-bond acceptors (Lipinski definition) is 4. The van der Waals surface area contributed by atoms with Crippen LogP contribution in [-0.2, 0) is 9.59 Å². The molecular weight excluding hydrogens is 246 g/mol. The highest BCUT2D eigenvalue weighted by molar-refractivity contribution is 6.01. The monoisotopic (exact) mass is 259 g/mol. The van der Waals surface area contributed by atoms with E-state index in [9.17, 15) is 9.59 Å². The maximum atomic E-state index is 11.6. The molecule has 2 N–H and O–H groups in total. The fourth-order valence-corrected chi connectivity index (χ4v) is 2.14. The molecule has 1 heterocycles. The van der Waals surface area contributed by atoms with E-state index in [1.807, 2.05) is 6.07 Å². The minimum atomic E-state index is -0.909. The summed E-state index contributed by atoms with van der Waals surface area (Å²) in [5.41, 5.74) is 1.74.